The lowest BCUT2D eigenvalue weighted by molar-refractivity contribution is -0.917. The van der Waals surface area contributed by atoms with Gasteiger partial charge in [-0.25, -0.2) is 8.42 Å². The summed E-state index contributed by atoms with van der Waals surface area (Å²) in [5, 5.41) is 0. The highest BCUT2D eigenvalue weighted by atomic mass is 32.2. The van der Waals surface area contributed by atoms with Crippen molar-refractivity contribution in [2.24, 2.45) is 0 Å². The van der Waals surface area contributed by atoms with Gasteiger partial charge in [0, 0.05) is 5.56 Å². The van der Waals surface area contributed by atoms with Crippen LogP contribution in [-0.4, -0.2) is 66.5 Å². The minimum Gasteiger partial charge on any atom is -0.493 e. The SMILES string of the molecule is COc1cc(C[NH+]2CCN(S(C)(=O)=O)CC2)cc(OC)c1OC. The van der Waals surface area contributed by atoms with E-state index in [0.717, 1.165) is 25.2 Å². The molecule has 130 valence electrons. The Balaban J connectivity index is 2.09. The molecule has 1 saturated heterocycles. The van der Waals surface area contributed by atoms with Gasteiger partial charge >= 0.3 is 0 Å². The number of quaternary nitrogens is 1. The fourth-order valence-electron chi connectivity index (χ4n) is 2.84. The highest BCUT2D eigenvalue weighted by Crippen LogP contribution is 2.37. The lowest BCUT2D eigenvalue weighted by Gasteiger charge is -2.30. The average Bonchev–Trinajstić information content (AvgIpc) is 2.53. The molecule has 2 rings (SSSR count). The molecule has 7 nitrogen and oxygen atoms in total. The number of sulfonamides is 1. The zero-order valence-electron chi connectivity index (χ0n) is 14.1. The highest BCUT2D eigenvalue weighted by Gasteiger charge is 2.26. The lowest BCUT2D eigenvalue weighted by Crippen LogP contribution is -3.13. The summed E-state index contributed by atoms with van der Waals surface area (Å²) in [5.41, 5.74) is 1.07. The van der Waals surface area contributed by atoms with Crippen LogP contribution in [-0.2, 0) is 16.6 Å². The zero-order chi connectivity index (χ0) is 17.0. The van der Waals surface area contributed by atoms with E-state index in [1.165, 1.54) is 15.5 Å². The lowest BCUT2D eigenvalue weighted by atomic mass is 10.1. The molecule has 0 aromatic heterocycles. The first-order valence-corrected chi connectivity index (χ1v) is 9.31. The van der Waals surface area contributed by atoms with Gasteiger partial charge in [0.05, 0.1) is 53.8 Å². The van der Waals surface area contributed by atoms with Crippen molar-refractivity contribution in [2.45, 2.75) is 6.54 Å². The van der Waals surface area contributed by atoms with Gasteiger partial charge in [0.2, 0.25) is 15.8 Å². The fourth-order valence-corrected chi connectivity index (χ4v) is 3.68. The van der Waals surface area contributed by atoms with Crippen molar-refractivity contribution in [3.63, 3.8) is 0 Å². The Hall–Kier alpha value is -1.51. The smallest absolute Gasteiger partial charge is 0.211 e. The number of nitrogens with zero attached hydrogens (tertiary/aromatic N) is 1. The Labute approximate surface area is 137 Å². The van der Waals surface area contributed by atoms with Crippen LogP contribution in [0.5, 0.6) is 17.2 Å². The molecule has 23 heavy (non-hydrogen) atoms. The van der Waals surface area contributed by atoms with Gasteiger partial charge < -0.3 is 19.1 Å². The summed E-state index contributed by atoms with van der Waals surface area (Å²) in [6.45, 7) is 3.46. The van der Waals surface area contributed by atoms with Gasteiger partial charge in [-0.05, 0) is 12.1 Å². The second kappa shape index (κ2) is 7.37. The average molecular weight is 345 g/mol. The molecule has 0 aliphatic carbocycles. The Kier molecular flexibility index (Phi) is 5.72. The summed E-state index contributed by atoms with van der Waals surface area (Å²) >= 11 is 0. The van der Waals surface area contributed by atoms with Gasteiger partial charge in [-0.1, -0.05) is 0 Å². The van der Waals surface area contributed by atoms with Crippen molar-refractivity contribution in [1.82, 2.24) is 4.31 Å². The number of methoxy groups -OCH3 is 3. The van der Waals surface area contributed by atoms with E-state index in [9.17, 15) is 8.42 Å². The van der Waals surface area contributed by atoms with E-state index in [-0.39, 0.29) is 0 Å². The second-order valence-corrected chi connectivity index (χ2v) is 7.60. The number of hydrogen-bond acceptors (Lipinski definition) is 5. The van der Waals surface area contributed by atoms with Gasteiger partial charge in [0.25, 0.3) is 0 Å². The second-order valence-electron chi connectivity index (χ2n) is 5.62. The van der Waals surface area contributed by atoms with Gasteiger partial charge in [-0.15, -0.1) is 0 Å². The number of hydrogen-bond donors (Lipinski definition) is 1. The van der Waals surface area contributed by atoms with Crippen molar-refractivity contribution in [3.05, 3.63) is 17.7 Å². The molecular weight excluding hydrogens is 320 g/mol. The summed E-state index contributed by atoms with van der Waals surface area (Å²) in [6, 6.07) is 3.88. The first-order valence-electron chi connectivity index (χ1n) is 7.46. The van der Waals surface area contributed by atoms with E-state index in [2.05, 4.69) is 0 Å². The van der Waals surface area contributed by atoms with Crippen LogP contribution in [0.3, 0.4) is 0 Å². The Bertz CT molecular complexity index is 614. The molecule has 1 fully saturated rings. The predicted molar refractivity (Wildman–Crippen MR) is 86.9 cm³/mol. The van der Waals surface area contributed by atoms with E-state index in [1.807, 2.05) is 12.1 Å². The maximum atomic E-state index is 11.6. The highest BCUT2D eigenvalue weighted by molar-refractivity contribution is 7.88. The van der Waals surface area contributed by atoms with Crippen molar-refractivity contribution in [2.75, 3.05) is 53.8 Å². The molecule has 0 atom stereocenters. The third kappa shape index (κ3) is 4.27. The standard InChI is InChI=1S/C15H24N2O5S/c1-20-13-9-12(10-14(21-2)15(13)22-3)11-16-5-7-17(8-6-16)23(4,18)19/h9-10H,5-8,11H2,1-4H3/p+1. The molecule has 1 aliphatic heterocycles. The van der Waals surface area contributed by atoms with Crippen LogP contribution in [0.2, 0.25) is 0 Å². The number of ether oxygens (including phenoxy) is 3. The van der Waals surface area contributed by atoms with Crippen molar-refractivity contribution in [3.8, 4) is 17.2 Å². The molecule has 0 saturated carbocycles. The minimum absolute atomic E-state index is 0.554. The summed E-state index contributed by atoms with van der Waals surface area (Å²) in [4.78, 5) is 1.33. The predicted octanol–water partition coefficient (Wildman–Crippen LogP) is -0.627. The van der Waals surface area contributed by atoms with E-state index in [4.69, 9.17) is 14.2 Å². The molecule has 0 unspecified atom stereocenters. The van der Waals surface area contributed by atoms with Crippen LogP contribution >= 0.6 is 0 Å². The van der Waals surface area contributed by atoms with E-state index < -0.39 is 10.0 Å². The van der Waals surface area contributed by atoms with Crippen LogP contribution in [0.1, 0.15) is 5.56 Å². The van der Waals surface area contributed by atoms with Gasteiger partial charge in [0.1, 0.15) is 6.54 Å². The van der Waals surface area contributed by atoms with Crippen LogP contribution in [0.15, 0.2) is 12.1 Å². The third-order valence-corrected chi connectivity index (χ3v) is 5.38. The van der Waals surface area contributed by atoms with Crippen LogP contribution in [0, 0.1) is 0 Å². The van der Waals surface area contributed by atoms with Crippen LogP contribution in [0.4, 0.5) is 0 Å². The molecule has 0 radical (unpaired) electrons. The molecule has 1 heterocycles. The maximum absolute atomic E-state index is 11.6. The molecule has 0 spiro atoms. The number of piperazine rings is 1. The Morgan fingerprint density at radius 3 is 1.96 bits per heavy atom. The van der Waals surface area contributed by atoms with Crippen LogP contribution < -0.4 is 19.1 Å². The van der Waals surface area contributed by atoms with Crippen LogP contribution in [0.25, 0.3) is 0 Å². The minimum atomic E-state index is -3.09. The van der Waals surface area contributed by atoms with E-state index >= 15 is 0 Å². The molecule has 0 bridgehead atoms. The normalized spacial score (nSPS) is 17.0. The molecule has 0 amide bonds. The maximum Gasteiger partial charge on any atom is 0.211 e. The number of rotatable bonds is 6. The largest absolute Gasteiger partial charge is 0.493 e. The summed E-state index contributed by atoms with van der Waals surface area (Å²) in [5.74, 6) is 1.85. The first-order chi connectivity index (χ1) is 10.9. The van der Waals surface area contributed by atoms with Gasteiger partial charge in [-0.3, -0.25) is 0 Å². The number of benzene rings is 1. The topological polar surface area (TPSA) is 69.5 Å². The molecule has 1 aromatic rings. The molecular formula is C15H25N2O5S+. The third-order valence-electron chi connectivity index (χ3n) is 4.08. The molecule has 1 N–H and O–H groups in total. The monoisotopic (exact) mass is 345 g/mol. The molecule has 1 aromatic carbocycles. The summed E-state index contributed by atoms with van der Waals surface area (Å²) in [7, 11) is 1.68. The van der Waals surface area contributed by atoms with E-state index in [0.29, 0.717) is 30.3 Å². The Morgan fingerprint density at radius 1 is 1.04 bits per heavy atom. The van der Waals surface area contributed by atoms with Crippen molar-refractivity contribution in [1.29, 1.82) is 0 Å². The summed E-state index contributed by atoms with van der Waals surface area (Å²) < 4.78 is 40.7. The van der Waals surface area contributed by atoms with E-state index in [1.54, 1.807) is 21.3 Å². The molecule has 8 heteroatoms. The van der Waals surface area contributed by atoms with Crippen molar-refractivity contribution < 1.29 is 27.5 Å². The van der Waals surface area contributed by atoms with Gasteiger partial charge in [0.15, 0.2) is 11.5 Å². The fraction of sp³-hybridized carbons (Fsp3) is 0.600. The summed E-state index contributed by atoms with van der Waals surface area (Å²) in [6.07, 6.45) is 1.26. The zero-order valence-corrected chi connectivity index (χ0v) is 14.9. The first kappa shape index (κ1) is 17.8. The Morgan fingerprint density at radius 2 is 1.57 bits per heavy atom. The quantitative estimate of drug-likeness (QED) is 0.744. The number of nitrogens with one attached hydrogen (secondary N) is 1. The molecule has 1 aliphatic rings. The van der Waals surface area contributed by atoms with Crippen molar-refractivity contribution >= 4 is 10.0 Å². The van der Waals surface area contributed by atoms with Gasteiger partial charge in [-0.2, -0.15) is 4.31 Å².